The third-order valence-electron chi connectivity index (χ3n) is 6.14. The van der Waals surface area contributed by atoms with Crippen molar-refractivity contribution >= 4 is 45.5 Å². The second-order valence-corrected chi connectivity index (χ2v) is 9.74. The van der Waals surface area contributed by atoms with Crippen LogP contribution in [0, 0.1) is 34.5 Å². The molecule has 1 aliphatic carbocycles. The highest BCUT2D eigenvalue weighted by Gasteiger charge is 2.42. The lowest BCUT2D eigenvalue weighted by molar-refractivity contribution is -0.115. The van der Waals surface area contributed by atoms with E-state index in [9.17, 15) is 24.9 Å². The molecule has 2 atom stereocenters. The number of allylic oxidation sites excluding steroid dienone is 2. The second kappa shape index (κ2) is 10.1. The molecule has 0 saturated heterocycles. The molecule has 0 aromatic heterocycles. The Morgan fingerprint density at radius 1 is 0.857 bits per heavy atom. The van der Waals surface area contributed by atoms with Gasteiger partial charge in [0.25, 0.3) is 0 Å². The molecule has 0 radical (unpaired) electrons. The van der Waals surface area contributed by atoms with E-state index >= 15 is 0 Å². The lowest BCUT2D eigenvalue weighted by Gasteiger charge is -2.35. The average Bonchev–Trinajstić information content (AvgIpc) is 2.86. The Morgan fingerprint density at radius 3 is 2.06 bits per heavy atom. The summed E-state index contributed by atoms with van der Waals surface area (Å²) in [6, 6.07) is 22.9. The van der Waals surface area contributed by atoms with Crippen molar-refractivity contribution in [2.75, 3.05) is 5.75 Å². The number of nitrogens with zero attached hydrogens (tertiary/aromatic N) is 2. The van der Waals surface area contributed by atoms with Crippen molar-refractivity contribution < 1.29 is 14.4 Å². The van der Waals surface area contributed by atoms with E-state index in [2.05, 4.69) is 0 Å². The predicted molar refractivity (Wildman–Crippen MR) is 136 cm³/mol. The summed E-state index contributed by atoms with van der Waals surface area (Å²) in [7, 11) is 0. The van der Waals surface area contributed by atoms with Gasteiger partial charge in [-0.25, -0.2) is 0 Å². The second-order valence-electron chi connectivity index (χ2n) is 8.68. The summed E-state index contributed by atoms with van der Waals surface area (Å²) in [6.07, 6.45) is 0.0885. The minimum Gasteiger partial charge on any atom is -0.300 e. The molecule has 0 unspecified atom stereocenters. The van der Waals surface area contributed by atoms with Crippen molar-refractivity contribution in [1.29, 1.82) is 10.5 Å². The molecule has 2 aliphatic rings. The molecular formula is C29H22N2O3S. The molecular weight excluding hydrogens is 456 g/mol. The van der Waals surface area contributed by atoms with E-state index in [1.54, 1.807) is 23.9 Å². The molecule has 0 saturated carbocycles. The summed E-state index contributed by atoms with van der Waals surface area (Å²) >= 11 is 1.60. The van der Waals surface area contributed by atoms with Crippen LogP contribution in [0.3, 0.4) is 0 Å². The van der Waals surface area contributed by atoms with Crippen molar-refractivity contribution in [2.24, 2.45) is 11.8 Å². The fourth-order valence-corrected chi connectivity index (χ4v) is 5.93. The standard InChI is InChI=1S/C26H16N2O2S.C3H6O/c27-12-17(13-28)25-18-7-3-4-8-24(18)31-14-22(25)21-11-23(29)19-9-15-5-1-2-6-16(15)10-20(19)26(21)30;1-3(2)4/h1-10,21-22H,11,14H2;1-2H3/t21-,22-;/m0./s1. The molecule has 0 bridgehead atoms. The molecule has 5 nitrogen and oxygen atoms in total. The van der Waals surface area contributed by atoms with Crippen LogP contribution in [0.2, 0.25) is 0 Å². The molecule has 5 rings (SSSR count). The van der Waals surface area contributed by atoms with Crippen LogP contribution in [-0.2, 0) is 4.79 Å². The van der Waals surface area contributed by atoms with Gasteiger partial charge in [-0.2, -0.15) is 10.5 Å². The minimum atomic E-state index is -0.589. The first-order valence-electron chi connectivity index (χ1n) is 11.2. The van der Waals surface area contributed by atoms with Crippen LogP contribution < -0.4 is 0 Å². The Kier molecular flexibility index (Phi) is 6.96. The number of Topliss-reactive ketones (excluding diaryl/α,β-unsaturated/α-hetero) is 3. The summed E-state index contributed by atoms with van der Waals surface area (Å²) in [5, 5.41) is 21.1. The molecule has 0 N–H and O–H groups in total. The molecule has 0 spiro atoms. The third kappa shape index (κ3) is 4.67. The normalized spacial score (nSPS) is 18.3. The molecule has 1 heterocycles. The zero-order valence-electron chi connectivity index (χ0n) is 19.4. The van der Waals surface area contributed by atoms with Gasteiger partial charge in [0, 0.05) is 40.0 Å². The van der Waals surface area contributed by atoms with Crippen molar-refractivity contribution in [2.45, 2.75) is 25.2 Å². The van der Waals surface area contributed by atoms with E-state index in [-0.39, 0.29) is 35.3 Å². The number of benzene rings is 3. The van der Waals surface area contributed by atoms with E-state index in [4.69, 9.17) is 0 Å². The van der Waals surface area contributed by atoms with Crippen molar-refractivity contribution in [3.05, 3.63) is 82.9 Å². The van der Waals surface area contributed by atoms with Crippen LogP contribution in [0.25, 0.3) is 16.3 Å². The first-order valence-corrected chi connectivity index (χ1v) is 12.2. The minimum absolute atomic E-state index is 0.0160. The summed E-state index contributed by atoms with van der Waals surface area (Å²) < 4.78 is 0. The Morgan fingerprint density at radius 2 is 1.43 bits per heavy atom. The number of thioether (sulfide) groups is 1. The van der Waals surface area contributed by atoms with Gasteiger partial charge in [-0.15, -0.1) is 11.8 Å². The Balaban J connectivity index is 0.000000672. The van der Waals surface area contributed by atoms with Gasteiger partial charge >= 0.3 is 0 Å². The molecule has 35 heavy (non-hydrogen) atoms. The largest absolute Gasteiger partial charge is 0.300 e. The van der Waals surface area contributed by atoms with Gasteiger partial charge in [-0.3, -0.25) is 9.59 Å². The third-order valence-corrected chi connectivity index (χ3v) is 7.33. The summed E-state index contributed by atoms with van der Waals surface area (Å²) in [5.74, 6) is -0.396. The van der Waals surface area contributed by atoms with E-state index in [0.29, 0.717) is 22.5 Å². The number of hydrogen-bond acceptors (Lipinski definition) is 6. The number of ketones is 3. The Labute approximate surface area is 208 Å². The van der Waals surface area contributed by atoms with Crippen LogP contribution in [-0.4, -0.2) is 23.1 Å². The SMILES string of the molecule is CC(C)=O.N#CC(C#N)=C1c2ccccc2SC[C@H]1[C@@H]1CC(=O)c2cc3ccccc3cc2C1=O. The van der Waals surface area contributed by atoms with E-state index < -0.39 is 5.92 Å². The molecule has 1 aliphatic heterocycles. The molecule has 0 amide bonds. The number of rotatable bonds is 1. The van der Waals surface area contributed by atoms with Gasteiger partial charge in [0.2, 0.25) is 0 Å². The van der Waals surface area contributed by atoms with E-state index in [1.807, 2.05) is 60.7 Å². The van der Waals surface area contributed by atoms with Gasteiger partial charge in [0.1, 0.15) is 23.5 Å². The number of carbonyl (C=O) groups excluding carboxylic acids is 3. The van der Waals surface area contributed by atoms with Crippen molar-refractivity contribution in [3.63, 3.8) is 0 Å². The maximum atomic E-state index is 13.6. The van der Waals surface area contributed by atoms with Gasteiger partial charge in [-0.05, 0) is 54.0 Å². The van der Waals surface area contributed by atoms with Gasteiger partial charge in [-0.1, -0.05) is 42.5 Å². The van der Waals surface area contributed by atoms with Crippen LogP contribution in [0.15, 0.2) is 71.1 Å². The number of hydrogen-bond donors (Lipinski definition) is 0. The monoisotopic (exact) mass is 478 g/mol. The quantitative estimate of drug-likeness (QED) is 0.395. The topological polar surface area (TPSA) is 98.8 Å². The maximum absolute atomic E-state index is 13.6. The summed E-state index contributed by atoms with van der Waals surface area (Å²) in [6.45, 7) is 3.06. The summed E-state index contributed by atoms with van der Waals surface area (Å²) in [5.41, 5.74) is 2.33. The zero-order chi connectivity index (χ0) is 25.1. The van der Waals surface area contributed by atoms with Crippen LogP contribution in [0.1, 0.15) is 46.5 Å². The average molecular weight is 479 g/mol. The first kappa shape index (κ1) is 24.1. The first-order chi connectivity index (χ1) is 16.8. The van der Waals surface area contributed by atoms with Gasteiger partial charge in [0.05, 0.1) is 0 Å². The number of carbonyl (C=O) groups is 3. The maximum Gasteiger partial charge on any atom is 0.167 e. The summed E-state index contributed by atoms with van der Waals surface area (Å²) in [4.78, 5) is 37.1. The zero-order valence-corrected chi connectivity index (χ0v) is 20.2. The Hall–Kier alpha value is -4.00. The van der Waals surface area contributed by atoms with Crippen molar-refractivity contribution in [1.82, 2.24) is 0 Å². The lowest BCUT2D eigenvalue weighted by atomic mass is 9.71. The highest BCUT2D eigenvalue weighted by Crippen LogP contribution is 2.47. The molecule has 6 heteroatoms. The molecule has 3 aromatic carbocycles. The van der Waals surface area contributed by atoms with Crippen LogP contribution >= 0.6 is 11.8 Å². The number of nitriles is 2. The van der Waals surface area contributed by atoms with E-state index in [1.165, 1.54) is 13.8 Å². The van der Waals surface area contributed by atoms with E-state index in [0.717, 1.165) is 21.2 Å². The van der Waals surface area contributed by atoms with Crippen LogP contribution in [0.4, 0.5) is 0 Å². The molecule has 0 fully saturated rings. The van der Waals surface area contributed by atoms with Gasteiger partial charge < -0.3 is 4.79 Å². The highest BCUT2D eigenvalue weighted by molar-refractivity contribution is 7.99. The smallest absolute Gasteiger partial charge is 0.167 e. The highest BCUT2D eigenvalue weighted by atomic mass is 32.2. The fraction of sp³-hybridized carbons (Fsp3) is 0.207. The number of fused-ring (bicyclic) bond motifs is 3. The Bertz CT molecular complexity index is 1470. The van der Waals surface area contributed by atoms with Crippen LogP contribution in [0.5, 0.6) is 0 Å². The molecule has 172 valence electrons. The van der Waals surface area contributed by atoms with Gasteiger partial charge in [0.15, 0.2) is 11.6 Å². The fourth-order valence-electron chi connectivity index (χ4n) is 4.66. The lowest BCUT2D eigenvalue weighted by Crippen LogP contribution is -2.35. The molecule has 3 aromatic rings. The predicted octanol–water partition coefficient (Wildman–Crippen LogP) is 6.04. The van der Waals surface area contributed by atoms with Crippen molar-refractivity contribution in [3.8, 4) is 12.1 Å².